The van der Waals surface area contributed by atoms with Gasteiger partial charge >= 0.3 is 0 Å². The molecule has 0 unspecified atom stereocenters. The van der Waals surface area contributed by atoms with Gasteiger partial charge in [-0.05, 0) is 48.5 Å². The minimum Gasteiger partial charge on any atom is -0.497 e. The van der Waals surface area contributed by atoms with Crippen LogP contribution in [0.25, 0.3) is 11.5 Å². The van der Waals surface area contributed by atoms with Gasteiger partial charge in [-0.1, -0.05) is 0 Å². The van der Waals surface area contributed by atoms with Crippen molar-refractivity contribution in [1.29, 1.82) is 5.26 Å². The van der Waals surface area contributed by atoms with E-state index in [1.54, 1.807) is 36.3 Å². The fourth-order valence-corrected chi connectivity index (χ4v) is 4.77. The number of ether oxygens (including phenoxy) is 1. The molecule has 1 aromatic heterocycles. The Labute approximate surface area is 179 Å². The van der Waals surface area contributed by atoms with E-state index in [1.807, 2.05) is 6.07 Å². The number of hydrogen-bond donors (Lipinski definition) is 0. The first kappa shape index (κ1) is 20.8. The second-order valence-corrected chi connectivity index (χ2v) is 8.80. The van der Waals surface area contributed by atoms with Gasteiger partial charge in [0.1, 0.15) is 17.6 Å². The van der Waals surface area contributed by atoms with Crippen molar-refractivity contribution in [3.8, 4) is 23.3 Å². The highest BCUT2D eigenvalue weighted by molar-refractivity contribution is 7.89. The van der Waals surface area contributed by atoms with Crippen LogP contribution in [0.3, 0.4) is 0 Å². The van der Waals surface area contributed by atoms with E-state index in [1.165, 1.54) is 16.4 Å². The molecule has 31 heavy (non-hydrogen) atoms. The largest absolute Gasteiger partial charge is 0.497 e. The molecule has 0 spiro atoms. The van der Waals surface area contributed by atoms with Gasteiger partial charge < -0.3 is 14.1 Å². The predicted octanol–water partition coefficient (Wildman–Crippen LogP) is 2.87. The van der Waals surface area contributed by atoms with E-state index in [0.29, 0.717) is 36.2 Å². The van der Waals surface area contributed by atoms with Gasteiger partial charge in [-0.15, -0.1) is 0 Å². The van der Waals surface area contributed by atoms with Crippen LogP contribution in [0.5, 0.6) is 5.75 Å². The molecule has 1 saturated heterocycles. The molecule has 1 aliphatic rings. The number of nitrogens with zero attached hydrogens (tertiary/aromatic N) is 4. The number of halogens is 1. The molecule has 0 amide bonds. The quantitative estimate of drug-likeness (QED) is 0.599. The summed E-state index contributed by atoms with van der Waals surface area (Å²) < 4.78 is 51.1. The Morgan fingerprint density at radius 3 is 2.29 bits per heavy atom. The summed E-state index contributed by atoms with van der Waals surface area (Å²) in [7, 11) is -2.16. The second-order valence-electron chi connectivity index (χ2n) is 6.86. The van der Waals surface area contributed by atoms with E-state index < -0.39 is 15.8 Å². The third-order valence-electron chi connectivity index (χ3n) is 5.03. The van der Waals surface area contributed by atoms with Crippen molar-refractivity contribution in [3.63, 3.8) is 0 Å². The van der Waals surface area contributed by atoms with Gasteiger partial charge in [-0.3, -0.25) is 0 Å². The van der Waals surface area contributed by atoms with Crippen molar-refractivity contribution in [2.24, 2.45) is 0 Å². The zero-order valence-electron chi connectivity index (χ0n) is 16.7. The molecule has 0 bridgehead atoms. The fraction of sp³-hybridized carbons (Fsp3) is 0.238. The summed E-state index contributed by atoms with van der Waals surface area (Å²) >= 11 is 0. The maximum absolute atomic E-state index is 13.1. The topological polar surface area (TPSA) is 99.7 Å². The van der Waals surface area contributed by atoms with Crippen LogP contribution in [0.4, 0.5) is 10.3 Å². The zero-order valence-corrected chi connectivity index (χ0v) is 17.5. The summed E-state index contributed by atoms with van der Waals surface area (Å²) in [5.74, 6) is 0.808. The molecule has 4 rings (SSSR count). The number of oxazole rings is 1. The van der Waals surface area contributed by atoms with Crippen molar-refractivity contribution < 1.29 is 22.0 Å². The number of anilines is 1. The van der Waals surface area contributed by atoms with Gasteiger partial charge in [-0.2, -0.15) is 14.6 Å². The number of benzene rings is 2. The molecule has 0 saturated carbocycles. The Balaban J connectivity index is 1.51. The summed E-state index contributed by atoms with van der Waals surface area (Å²) in [5, 5.41) is 9.49. The fourth-order valence-electron chi connectivity index (χ4n) is 3.34. The Kier molecular flexibility index (Phi) is 5.63. The number of rotatable bonds is 5. The van der Waals surface area contributed by atoms with Crippen molar-refractivity contribution in [2.75, 3.05) is 38.2 Å². The average Bonchev–Trinajstić information content (AvgIpc) is 3.24. The Bertz CT molecular complexity index is 1210. The number of methoxy groups -OCH3 is 1. The standard InChI is InChI=1S/C21H19FN4O4S/c1-29-17-6-2-15(3-7-17)20-24-19(14-23)21(30-20)25-10-12-26(13-11-25)31(27,28)18-8-4-16(22)5-9-18/h2-9H,10-13H2,1H3. The molecule has 10 heteroatoms. The van der Waals surface area contributed by atoms with E-state index in [4.69, 9.17) is 9.15 Å². The van der Waals surface area contributed by atoms with E-state index >= 15 is 0 Å². The first-order valence-corrected chi connectivity index (χ1v) is 10.9. The summed E-state index contributed by atoms with van der Waals surface area (Å²) in [4.78, 5) is 6.12. The number of sulfonamides is 1. The molecule has 0 atom stereocenters. The average molecular weight is 442 g/mol. The molecule has 8 nitrogen and oxygen atoms in total. The van der Waals surface area contributed by atoms with Gasteiger partial charge in [0.05, 0.1) is 12.0 Å². The monoisotopic (exact) mass is 442 g/mol. The summed E-state index contributed by atoms with van der Waals surface area (Å²) in [6.07, 6.45) is 0. The van der Waals surface area contributed by atoms with Gasteiger partial charge in [0.2, 0.25) is 27.5 Å². The lowest BCUT2D eigenvalue weighted by Crippen LogP contribution is -2.48. The van der Waals surface area contributed by atoms with Crippen LogP contribution in [0.15, 0.2) is 57.8 Å². The molecular formula is C21H19FN4O4S. The van der Waals surface area contributed by atoms with Gasteiger partial charge in [0, 0.05) is 31.7 Å². The van der Waals surface area contributed by atoms with E-state index in [0.717, 1.165) is 12.1 Å². The predicted molar refractivity (Wildman–Crippen MR) is 111 cm³/mol. The maximum atomic E-state index is 13.1. The van der Waals surface area contributed by atoms with Crippen LogP contribution < -0.4 is 9.64 Å². The van der Waals surface area contributed by atoms with Crippen LogP contribution in [-0.2, 0) is 10.0 Å². The number of hydrogen-bond acceptors (Lipinski definition) is 7. The smallest absolute Gasteiger partial charge is 0.243 e. The minimum atomic E-state index is -3.73. The Morgan fingerprint density at radius 1 is 1.06 bits per heavy atom. The highest BCUT2D eigenvalue weighted by Crippen LogP contribution is 2.30. The van der Waals surface area contributed by atoms with Crippen LogP contribution in [0, 0.1) is 17.1 Å². The molecule has 0 N–H and O–H groups in total. The van der Waals surface area contributed by atoms with Gasteiger partial charge in [0.25, 0.3) is 0 Å². The van der Waals surface area contributed by atoms with E-state index in [-0.39, 0.29) is 23.7 Å². The van der Waals surface area contributed by atoms with Crippen molar-refractivity contribution in [3.05, 3.63) is 60.0 Å². The third kappa shape index (κ3) is 4.10. The van der Waals surface area contributed by atoms with Crippen molar-refractivity contribution in [2.45, 2.75) is 4.90 Å². The lowest BCUT2D eigenvalue weighted by molar-refractivity contribution is 0.374. The summed E-state index contributed by atoms with van der Waals surface area (Å²) in [6, 6.07) is 13.9. The van der Waals surface area contributed by atoms with E-state index in [2.05, 4.69) is 4.98 Å². The minimum absolute atomic E-state index is 0.0431. The lowest BCUT2D eigenvalue weighted by Gasteiger charge is -2.33. The van der Waals surface area contributed by atoms with Crippen LogP contribution >= 0.6 is 0 Å². The molecule has 2 aromatic carbocycles. The molecule has 1 aliphatic heterocycles. The molecule has 1 fully saturated rings. The van der Waals surface area contributed by atoms with E-state index in [9.17, 15) is 18.1 Å². The lowest BCUT2D eigenvalue weighted by atomic mass is 10.2. The first-order chi connectivity index (χ1) is 14.9. The highest BCUT2D eigenvalue weighted by atomic mass is 32.2. The molecular weight excluding hydrogens is 423 g/mol. The molecule has 0 radical (unpaired) electrons. The zero-order chi connectivity index (χ0) is 22.0. The van der Waals surface area contributed by atoms with Gasteiger partial charge in [-0.25, -0.2) is 12.8 Å². The van der Waals surface area contributed by atoms with Gasteiger partial charge in [0.15, 0.2) is 0 Å². The Hall–Kier alpha value is -3.42. The normalized spacial score (nSPS) is 14.9. The highest BCUT2D eigenvalue weighted by Gasteiger charge is 2.31. The molecule has 2 heterocycles. The second kappa shape index (κ2) is 8.37. The molecule has 0 aliphatic carbocycles. The molecule has 160 valence electrons. The molecule has 3 aromatic rings. The summed E-state index contributed by atoms with van der Waals surface area (Å²) in [5.41, 5.74) is 0.835. The Morgan fingerprint density at radius 2 is 1.71 bits per heavy atom. The third-order valence-corrected chi connectivity index (χ3v) is 6.94. The SMILES string of the molecule is COc1ccc(-c2nc(C#N)c(N3CCN(S(=O)(=O)c4ccc(F)cc4)CC3)o2)cc1. The van der Waals surface area contributed by atoms with Crippen LogP contribution in [-0.4, -0.2) is 51.0 Å². The van der Waals surface area contributed by atoms with Crippen LogP contribution in [0.1, 0.15) is 5.69 Å². The van der Waals surface area contributed by atoms with Crippen LogP contribution in [0.2, 0.25) is 0 Å². The number of piperazine rings is 1. The summed E-state index contributed by atoms with van der Waals surface area (Å²) in [6.45, 7) is 1.05. The van der Waals surface area contributed by atoms with Crippen molar-refractivity contribution in [1.82, 2.24) is 9.29 Å². The first-order valence-electron chi connectivity index (χ1n) is 9.48. The number of aromatic nitrogens is 1. The number of nitriles is 1. The maximum Gasteiger partial charge on any atom is 0.243 e. The van der Waals surface area contributed by atoms with Crippen molar-refractivity contribution >= 4 is 15.9 Å².